The van der Waals surface area contributed by atoms with E-state index in [1.165, 1.54) is 0 Å². The quantitative estimate of drug-likeness (QED) is 0.883. The van der Waals surface area contributed by atoms with Gasteiger partial charge in [0.1, 0.15) is 0 Å². The van der Waals surface area contributed by atoms with Gasteiger partial charge in [0.15, 0.2) is 5.78 Å². The second-order valence-corrected chi connectivity index (χ2v) is 4.60. The zero-order valence-electron chi connectivity index (χ0n) is 9.17. The fraction of sp³-hybridized carbons (Fsp3) is 0.417. The first-order chi connectivity index (χ1) is 7.54. The molecule has 0 spiro atoms. The van der Waals surface area contributed by atoms with Crippen LogP contribution in [0.25, 0.3) is 0 Å². The monoisotopic (exact) mass is 259 g/mol. The van der Waals surface area contributed by atoms with E-state index in [1.807, 2.05) is 6.92 Å². The second kappa shape index (κ2) is 6.24. The van der Waals surface area contributed by atoms with Gasteiger partial charge in [0, 0.05) is 6.42 Å². The SMILES string of the molecule is CCCC(N)C(=O)Cc1ccc(Cl)c(Cl)c1. The summed E-state index contributed by atoms with van der Waals surface area (Å²) in [5.41, 5.74) is 6.59. The van der Waals surface area contributed by atoms with E-state index in [-0.39, 0.29) is 11.8 Å². The molecule has 1 aromatic carbocycles. The van der Waals surface area contributed by atoms with Crippen molar-refractivity contribution in [2.24, 2.45) is 5.73 Å². The molecule has 16 heavy (non-hydrogen) atoms. The van der Waals surface area contributed by atoms with Crippen molar-refractivity contribution in [3.8, 4) is 0 Å². The van der Waals surface area contributed by atoms with Crippen LogP contribution in [0.4, 0.5) is 0 Å². The Balaban J connectivity index is 2.66. The summed E-state index contributed by atoms with van der Waals surface area (Å²) in [4.78, 5) is 11.7. The zero-order chi connectivity index (χ0) is 12.1. The molecule has 0 bridgehead atoms. The summed E-state index contributed by atoms with van der Waals surface area (Å²) in [7, 11) is 0. The summed E-state index contributed by atoms with van der Waals surface area (Å²) in [6.07, 6.45) is 1.95. The summed E-state index contributed by atoms with van der Waals surface area (Å²) in [6.45, 7) is 2.01. The predicted octanol–water partition coefficient (Wildman–Crippen LogP) is 3.23. The predicted molar refractivity (Wildman–Crippen MR) is 68.1 cm³/mol. The van der Waals surface area contributed by atoms with Crippen LogP contribution in [0, 0.1) is 0 Å². The Morgan fingerprint density at radius 2 is 2.06 bits per heavy atom. The lowest BCUT2D eigenvalue weighted by molar-refractivity contribution is -0.119. The van der Waals surface area contributed by atoms with Crippen LogP contribution in [-0.4, -0.2) is 11.8 Å². The number of carbonyl (C=O) groups excluding carboxylic acids is 1. The van der Waals surface area contributed by atoms with Crippen molar-refractivity contribution in [3.63, 3.8) is 0 Å². The first kappa shape index (κ1) is 13.5. The molecular formula is C12H15Cl2NO. The summed E-state index contributed by atoms with van der Waals surface area (Å²) >= 11 is 11.7. The fourth-order valence-electron chi connectivity index (χ4n) is 1.45. The molecule has 88 valence electrons. The molecule has 0 aromatic heterocycles. The maximum absolute atomic E-state index is 11.7. The first-order valence-electron chi connectivity index (χ1n) is 5.26. The lowest BCUT2D eigenvalue weighted by atomic mass is 10.0. The largest absolute Gasteiger partial charge is 0.321 e. The van der Waals surface area contributed by atoms with Crippen molar-refractivity contribution < 1.29 is 4.79 Å². The summed E-state index contributed by atoms with van der Waals surface area (Å²) in [5, 5.41) is 0.965. The van der Waals surface area contributed by atoms with E-state index in [4.69, 9.17) is 28.9 Å². The van der Waals surface area contributed by atoms with Gasteiger partial charge in [0.05, 0.1) is 16.1 Å². The number of carbonyl (C=O) groups is 1. The van der Waals surface area contributed by atoms with Crippen LogP contribution in [0.5, 0.6) is 0 Å². The third-order valence-corrected chi connectivity index (χ3v) is 3.11. The molecule has 0 saturated heterocycles. The average Bonchev–Trinajstić information content (AvgIpc) is 2.24. The van der Waals surface area contributed by atoms with E-state index in [9.17, 15) is 4.79 Å². The molecule has 0 radical (unpaired) electrons. The van der Waals surface area contributed by atoms with Gasteiger partial charge >= 0.3 is 0 Å². The fourth-order valence-corrected chi connectivity index (χ4v) is 1.77. The van der Waals surface area contributed by atoms with Crippen molar-refractivity contribution in [2.45, 2.75) is 32.2 Å². The number of hydrogen-bond acceptors (Lipinski definition) is 2. The van der Waals surface area contributed by atoms with E-state index in [2.05, 4.69) is 0 Å². The van der Waals surface area contributed by atoms with E-state index in [1.54, 1.807) is 18.2 Å². The van der Waals surface area contributed by atoms with E-state index >= 15 is 0 Å². The average molecular weight is 260 g/mol. The van der Waals surface area contributed by atoms with Crippen molar-refractivity contribution in [3.05, 3.63) is 33.8 Å². The highest BCUT2D eigenvalue weighted by Gasteiger charge is 2.13. The number of rotatable bonds is 5. The van der Waals surface area contributed by atoms with Crippen LogP contribution in [0.3, 0.4) is 0 Å². The van der Waals surface area contributed by atoms with Crippen LogP contribution in [-0.2, 0) is 11.2 Å². The van der Waals surface area contributed by atoms with Gasteiger partial charge in [-0.25, -0.2) is 0 Å². The van der Waals surface area contributed by atoms with Crippen molar-refractivity contribution in [2.75, 3.05) is 0 Å². The van der Waals surface area contributed by atoms with Gasteiger partial charge in [-0.15, -0.1) is 0 Å². The van der Waals surface area contributed by atoms with Crippen LogP contribution in [0.1, 0.15) is 25.3 Å². The van der Waals surface area contributed by atoms with Crippen LogP contribution >= 0.6 is 23.2 Å². The molecule has 0 fully saturated rings. The summed E-state index contributed by atoms with van der Waals surface area (Å²) < 4.78 is 0. The Bertz CT molecular complexity index is 379. The van der Waals surface area contributed by atoms with Gasteiger partial charge in [0.2, 0.25) is 0 Å². The third-order valence-electron chi connectivity index (χ3n) is 2.38. The molecule has 2 N–H and O–H groups in total. The Labute approximate surface area is 106 Å². The zero-order valence-corrected chi connectivity index (χ0v) is 10.7. The molecule has 1 rings (SSSR count). The van der Waals surface area contributed by atoms with Gasteiger partial charge in [-0.3, -0.25) is 4.79 Å². The Hall–Kier alpha value is -0.570. The minimum atomic E-state index is -0.376. The van der Waals surface area contributed by atoms with Crippen LogP contribution in [0.15, 0.2) is 18.2 Å². The lowest BCUT2D eigenvalue weighted by Crippen LogP contribution is -2.31. The maximum atomic E-state index is 11.7. The number of ketones is 1. The van der Waals surface area contributed by atoms with Gasteiger partial charge in [-0.05, 0) is 24.1 Å². The lowest BCUT2D eigenvalue weighted by Gasteiger charge is -2.09. The summed E-state index contributed by atoms with van der Waals surface area (Å²) in [5.74, 6) is 0.0419. The number of benzene rings is 1. The minimum Gasteiger partial charge on any atom is -0.321 e. The van der Waals surface area contributed by atoms with Gasteiger partial charge in [0.25, 0.3) is 0 Å². The topological polar surface area (TPSA) is 43.1 Å². The highest BCUT2D eigenvalue weighted by molar-refractivity contribution is 6.42. The molecule has 0 aliphatic heterocycles. The molecule has 1 unspecified atom stereocenters. The highest BCUT2D eigenvalue weighted by Crippen LogP contribution is 2.23. The summed E-state index contributed by atoms with van der Waals surface area (Å²) in [6, 6.07) is 4.82. The smallest absolute Gasteiger partial charge is 0.153 e. The van der Waals surface area contributed by atoms with Crippen molar-refractivity contribution in [1.29, 1.82) is 0 Å². The number of hydrogen-bond donors (Lipinski definition) is 1. The Morgan fingerprint density at radius 3 is 2.62 bits per heavy atom. The Kier molecular flexibility index (Phi) is 5.26. The normalized spacial score (nSPS) is 12.5. The second-order valence-electron chi connectivity index (χ2n) is 3.79. The van der Waals surface area contributed by atoms with Crippen LogP contribution < -0.4 is 5.73 Å². The molecule has 2 nitrogen and oxygen atoms in total. The molecule has 0 heterocycles. The molecule has 1 aromatic rings. The number of Topliss-reactive ketones (excluding diaryl/α,β-unsaturated/α-hetero) is 1. The molecule has 0 saturated carbocycles. The number of halogens is 2. The van der Waals surface area contributed by atoms with Gasteiger partial charge in [-0.1, -0.05) is 42.6 Å². The molecule has 0 aliphatic carbocycles. The van der Waals surface area contributed by atoms with Gasteiger partial charge in [-0.2, -0.15) is 0 Å². The van der Waals surface area contributed by atoms with Gasteiger partial charge < -0.3 is 5.73 Å². The van der Waals surface area contributed by atoms with E-state index < -0.39 is 0 Å². The highest BCUT2D eigenvalue weighted by atomic mass is 35.5. The molecular weight excluding hydrogens is 245 g/mol. The maximum Gasteiger partial charge on any atom is 0.153 e. The molecule has 4 heteroatoms. The first-order valence-corrected chi connectivity index (χ1v) is 6.02. The number of nitrogens with two attached hydrogens (primary N) is 1. The molecule has 0 amide bonds. The van der Waals surface area contributed by atoms with Crippen molar-refractivity contribution >= 4 is 29.0 Å². The van der Waals surface area contributed by atoms with E-state index in [0.717, 1.165) is 18.4 Å². The molecule has 1 atom stereocenters. The standard InChI is InChI=1S/C12H15Cl2NO/c1-2-3-11(15)12(16)7-8-4-5-9(13)10(14)6-8/h4-6,11H,2-3,7,15H2,1H3. The minimum absolute atomic E-state index is 0.0419. The molecule has 0 aliphatic rings. The Morgan fingerprint density at radius 1 is 1.38 bits per heavy atom. The van der Waals surface area contributed by atoms with Crippen molar-refractivity contribution in [1.82, 2.24) is 0 Å². The third kappa shape index (κ3) is 3.78. The van der Waals surface area contributed by atoms with E-state index in [0.29, 0.717) is 16.5 Å². The van der Waals surface area contributed by atoms with Crippen LogP contribution in [0.2, 0.25) is 10.0 Å².